The topological polar surface area (TPSA) is 12.0 Å². The van der Waals surface area contributed by atoms with E-state index in [9.17, 15) is 13.2 Å². The van der Waals surface area contributed by atoms with Gasteiger partial charge in [-0.2, -0.15) is 13.2 Å². The van der Waals surface area contributed by atoms with E-state index in [2.05, 4.69) is 5.32 Å². The zero-order valence-electron chi connectivity index (χ0n) is 10.6. The van der Waals surface area contributed by atoms with Gasteiger partial charge >= 0.3 is 6.18 Å². The maximum absolute atomic E-state index is 13.0. The third kappa shape index (κ3) is 2.98. The molecule has 1 nitrogen and oxygen atoms in total. The van der Waals surface area contributed by atoms with E-state index >= 15 is 0 Å². The molecule has 0 aliphatic rings. The molecule has 1 N–H and O–H groups in total. The molecule has 1 aromatic carbocycles. The van der Waals surface area contributed by atoms with E-state index in [1.165, 1.54) is 23.5 Å². The van der Waals surface area contributed by atoms with Gasteiger partial charge in [0.15, 0.2) is 0 Å². The highest BCUT2D eigenvalue weighted by atomic mass is 32.1. The van der Waals surface area contributed by atoms with E-state index in [0.29, 0.717) is 0 Å². The van der Waals surface area contributed by atoms with Crippen molar-refractivity contribution < 1.29 is 13.2 Å². The Morgan fingerprint density at radius 3 is 2.32 bits per heavy atom. The summed E-state index contributed by atoms with van der Waals surface area (Å²) in [6, 6.07) is 9.05. The summed E-state index contributed by atoms with van der Waals surface area (Å²) in [5.74, 6) is 0. The van der Waals surface area contributed by atoms with Gasteiger partial charge in [0.2, 0.25) is 0 Å². The highest BCUT2D eigenvalue weighted by Crippen LogP contribution is 2.37. The van der Waals surface area contributed by atoms with Crippen molar-refractivity contribution in [2.45, 2.75) is 19.1 Å². The first-order valence-corrected chi connectivity index (χ1v) is 6.65. The van der Waals surface area contributed by atoms with E-state index in [1.54, 1.807) is 13.1 Å². The molecule has 102 valence electrons. The lowest BCUT2D eigenvalue weighted by molar-refractivity contribution is -0.138. The second kappa shape index (κ2) is 5.35. The second-order valence-electron chi connectivity index (χ2n) is 4.26. The number of thiophene rings is 1. The molecule has 2 aromatic rings. The normalized spacial score (nSPS) is 13.5. The number of hydrogen-bond donors (Lipinski definition) is 1. The maximum Gasteiger partial charge on any atom is 0.416 e. The number of alkyl halides is 3. The standard InChI is InChI=1S/C14H14F3NS/c1-9-7-8-12(19-9)13(18-2)10-5-3-4-6-11(10)14(15,16)17/h3-8,13,18H,1-2H3. The molecule has 0 bridgehead atoms. The summed E-state index contributed by atoms with van der Waals surface area (Å²) in [6.07, 6.45) is -4.34. The minimum Gasteiger partial charge on any atom is -0.309 e. The van der Waals surface area contributed by atoms with E-state index < -0.39 is 17.8 Å². The minimum absolute atomic E-state index is 0.263. The molecule has 0 saturated carbocycles. The highest BCUT2D eigenvalue weighted by Gasteiger charge is 2.35. The van der Waals surface area contributed by atoms with Crippen molar-refractivity contribution in [1.82, 2.24) is 5.32 Å². The average molecular weight is 285 g/mol. The Labute approximate surface area is 114 Å². The molecule has 0 spiro atoms. The summed E-state index contributed by atoms with van der Waals surface area (Å²) < 4.78 is 39.1. The predicted octanol–water partition coefficient (Wildman–Crippen LogP) is 4.38. The SMILES string of the molecule is CNC(c1ccc(C)s1)c1ccccc1C(F)(F)F. The van der Waals surface area contributed by atoms with Crippen LogP contribution < -0.4 is 5.32 Å². The molecule has 1 aromatic heterocycles. The van der Waals surface area contributed by atoms with Crippen LogP contribution in [0.3, 0.4) is 0 Å². The van der Waals surface area contributed by atoms with Crippen LogP contribution >= 0.6 is 11.3 Å². The predicted molar refractivity (Wildman–Crippen MR) is 71.4 cm³/mol. The largest absolute Gasteiger partial charge is 0.416 e. The summed E-state index contributed by atoms with van der Waals surface area (Å²) in [4.78, 5) is 1.97. The fraction of sp³-hybridized carbons (Fsp3) is 0.286. The molecule has 19 heavy (non-hydrogen) atoms. The first-order chi connectivity index (χ1) is 8.93. The molecule has 0 aliphatic carbocycles. The van der Waals surface area contributed by atoms with Crippen molar-refractivity contribution in [3.05, 3.63) is 57.3 Å². The van der Waals surface area contributed by atoms with Gasteiger partial charge in [-0.1, -0.05) is 18.2 Å². The molecule has 2 rings (SSSR count). The Hall–Kier alpha value is -1.33. The lowest BCUT2D eigenvalue weighted by atomic mass is 9.99. The summed E-state index contributed by atoms with van der Waals surface area (Å²) in [7, 11) is 1.67. The summed E-state index contributed by atoms with van der Waals surface area (Å²) in [6.45, 7) is 1.94. The lowest BCUT2D eigenvalue weighted by Gasteiger charge is -2.20. The van der Waals surface area contributed by atoms with Crippen molar-refractivity contribution in [2.24, 2.45) is 0 Å². The van der Waals surface area contributed by atoms with Gasteiger partial charge < -0.3 is 5.32 Å². The molecule has 0 aliphatic heterocycles. The molecule has 0 fully saturated rings. The van der Waals surface area contributed by atoms with Gasteiger partial charge in [0, 0.05) is 9.75 Å². The third-order valence-electron chi connectivity index (χ3n) is 2.91. The molecule has 0 radical (unpaired) electrons. The van der Waals surface area contributed by atoms with Crippen molar-refractivity contribution in [2.75, 3.05) is 7.05 Å². The van der Waals surface area contributed by atoms with Gasteiger partial charge in [0.05, 0.1) is 11.6 Å². The van der Waals surface area contributed by atoms with Crippen LogP contribution in [0.15, 0.2) is 36.4 Å². The fourth-order valence-electron chi connectivity index (χ4n) is 2.07. The van der Waals surface area contributed by atoms with Crippen molar-refractivity contribution in [3.8, 4) is 0 Å². The van der Waals surface area contributed by atoms with Crippen LogP contribution in [-0.2, 0) is 6.18 Å². The molecular weight excluding hydrogens is 271 g/mol. The van der Waals surface area contributed by atoms with Crippen LogP contribution in [0, 0.1) is 6.92 Å². The van der Waals surface area contributed by atoms with E-state index in [-0.39, 0.29) is 5.56 Å². The summed E-state index contributed by atoms with van der Waals surface area (Å²) >= 11 is 1.50. The van der Waals surface area contributed by atoms with Gasteiger partial charge in [0.1, 0.15) is 0 Å². The minimum atomic E-state index is -4.34. The summed E-state index contributed by atoms with van der Waals surface area (Å²) in [5.41, 5.74) is -0.320. The van der Waals surface area contributed by atoms with Crippen LogP contribution in [0.5, 0.6) is 0 Å². The Morgan fingerprint density at radius 2 is 1.79 bits per heavy atom. The van der Waals surface area contributed by atoms with Gasteiger partial charge in [-0.3, -0.25) is 0 Å². The van der Waals surface area contributed by atoms with Crippen LogP contribution in [0.1, 0.15) is 26.9 Å². The van der Waals surface area contributed by atoms with Crippen molar-refractivity contribution in [3.63, 3.8) is 0 Å². The number of hydrogen-bond acceptors (Lipinski definition) is 2. The molecule has 0 amide bonds. The Kier molecular flexibility index (Phi) is 3.96. The third-order valence-corrected chi connectivity index (χ3v) is 3.98. The lowest BCUT2D eigenvalue weighted by Crippen LogP contribution is -2.21. The highest BCUT2D eigenvalue weighted by molar-refractivity contribution is 7.12. The van der Waals surface area contributed by atoms with Crippen LogP contribution in [-0.4, -0.2) is 7.05 Å². The molecule has 5 heteroatoms. The monoisotopic (exact) mass is 285 g/mol. The smallest absolute Gasteiger partial charge is 0.309 e. The number of nitrogens with one attached hydrogen (secondary N) is 1. The molecule has 1 heterocycles. The van der Waals surface area contributed by atoms with Gasteiger partial charge in [0.25, 0.3) is 0 Å². The van der Waals surface area contributed by atoms with Gasteiger partial charge in [-0.05, 0) is 37.7 Å². The zero-order chi connectivity index (χ0) is 14.0. The molecule has 0 saturated heterocycles. The van der Waals surface area contributed by atoms with Crippen LogP contribution in [0.2, 0.25) is 0 Å². The first kappa shape index (κ1) is 14.1. The second-order valence-corrected chi connectivity index (χ2v) is 5.57. The van der Waals surface area contributed by atoms with Crippen molar-refractivity contribution >= 4 is 11.3 Å². The number of rotatable bonds is 3. The van der Waals surface area contributed by atoms with Crippen LogP contribution in [0.25, 0.3) is 0 Å². The zero-order valence-corrected chi connectivity index (χ0v) is 11.4. The maximum atomic E-state index is 13.0. The van der Waals surface area contributed by atoms with Crippen LogP contribution in [0.4, 0.5) is 13.2 Å². The molecule has 1 unspecified atom stereocenters. The Morgan fingerprint density at radius 1 is 1.11 bits per heavy atom. The number of aryl methyl sites for hydroxylation is 1. The first-order valence-electron chi connectivity index (χ1n) is 5.83. The quantitative estimate of drug-likeness (QED) is 0.882. The average Bonchev–Trinajstić information content (AvgIpc) is 2.76. The van der Waals surface area contributed by atoms with Gasteiger partial charge in [-0.25, -0.2) is 0 Å². The molecular formula is C14H14F3NS. The summed E-state index contributed by atoms with van der Waals surface area (Å²) in [5, 5.41) is 2.97. The Balaban J connectivity index is 2.50. The number of benzene rings is 1. The Bertz CT molecular complexity index is 560. The van der Waals surface area contributed by atoms with E-state index in [1.807, 2.05) is 19.1 Å². The fourth-order valence-corrected chi connectivity index (χ4v) is 3.07. The van der Waals surface area contributed by atoms with E-state index in [4.69, 9.17) is 0 Å². The molecule has 1 atom stereocenters. The van der Waals surface area contributed by atoms with Crippen molar-refractivity contribution in [1.29, 1.82) is 0 Å². The van der Waals surface area contributed by atoms with E-state index in [0.717, 1.165) is 15.8 Å². The number of halogens is 3. The van der Waals surface area contributed by atoms with Gasteiger partial charge in [-0.15, -0.1) is 11.3 Å².